The molecule has 0 N–H and O–H groups in total. The van der Waals surface area contributed by atoms with E-state index in [1.54, 1.807) is 0 Å². The van der Waals surface area contributed by atoms with Crippen LogP contribution in [-0.2, 0) is 0 Å². The zero-order valence-electron chi connectivity index (χ0n) is 16.3. The van der Waals surface area contributed by atoms with Crippen LogP contribution in [0, 0.1) is 0 Å². The van der Waals surface area contributed by atoms with Crippen molar-refractivity contribution in [1.82, 2.24) is 9.80 Å². The molecule has 2 aliphatic heterocycles. The monoisotopic (exact) mass is 358 g/mol. The third kappa shape index (κ3) is 5.82. The van der Waals surface area contributed by atoms with Crippen LogP contribution in [0.2, 0.25) is 0 Å². The summed E-state index contributed by atoms with van der Waals surface area (Å²) >= 11 is 0. The molecule has 0 spiro atoms. The lowest BCUT2D eigenvalue weighted by Gasteiger charge is -2.33. The Morgan fingerprint density at radius 1 is 1.04 bits per heavy atom. The van der Waals surface area contributed by atoms with Crippen LogP contribution in [0.5, 0.6) is 5.75 Å². The lowest BCUT2D eigenvalue weighted by atomic mass is 10.0. The molecule has 1 atom stereocenters. The number of rotatable bonds is 8. The van der Waals surface area contributed by atoms with Gasteiger partial charge in [0.15, 0.2) is 5.78 Å². The van der Waals surface area contributed by atoms with Crippen LogP contribution in [0.4, 0.5) is 0 Å². The SMILES string of the molecule is CC1CCCCN1CCCOc1ccc(C(=O)CN2CCCCC2)cc1. The maximum Gasteiger partial charge on any atom is 0.176 e. The second-order valence-corrected chi connectivity index (χ2v) is 7.87. The molecule has 4 nitrogen and oxygen atoms in total. The number of carbonyl (C=O) groups is 1. The molecule has 1 unspecified atom stereocenters. The van der Waals surface area contributed by atoms with E-state index in [1.807, 2.05) is 24.3 Å². The van der Waals surface area contributed by atoms with Crippen molar-refractivity contribution >= 4 is 5.78 Å². The van der Waals surface area contributed by atoms with E-state index in [0.717, 1.165) is 44.0 Å². The molecule has 2 aliphatic rings. The first-order chi connectivity index (χ1) is 12.7. The zero-order chi connectivity index (χ0) is 18.2. The molecule has 2 saturated heterocycles. The van der Waals surface area contributed by atoms with Gasteiger partial charge in [0.05, 0.1) is 13.2 Å². The minimum Gasteiger partial charge on any atom is -0.494 e. The van der Waals surface area contributed by atoms with Crippen LogP contribution in [0.1, 0.15) is 62.2 Å². The first-order valence-corrected chi connectivity index (χ1v) is 10.4. The highest BCUT2D eigenvalue weighted by Crippen LogP contribution is 2.17. The van der Waals surface area contributed by atoms with Gasteiger partial charge in [0.2, 0.25) is 0 Å². The summed E-state index contributed by atoms with van der Waals surface area (Å²) < 4.78 is 5.87. The quantitative estimate of drug-likeness (QED) is 0.519. The Morgan fingerprint density at radius 3 is 2.50 bits per heavy atom. The van der Waals surface area contributed by atoms with E-state index < -0.39 is 0 Å². The predicted molar refractivity (Wildman–Crippen MR) is 106 cm³/mol. The maximum atomic E-state index is 12.4. The fraction of sp³-hybridized carbons (Fsp3) is 0.682. The Labute approximate surface area is 158 Å². The van der Waals surface area contributed by atoms with Gasteiger partial charge in [-0.05, 0) is 82.9 Å². The Balaban J connectivity index is 1.37. The van der Waals surface area contributed by atoms with E-state index >= 15 is 0 Å². The first-order valence-electron chi connectivity index (χ1n) is 10.4. The minimum atomic E-state index is 0.220. The molecule has 1 aromatic carbocycles. The van der Waals surface area contributed by atoms with E-state index in [-0.39, 0.29) is 5.78 Å². The van der Waals surface area contributed by atoms with Crippen molar-refractivity contribution in [2.75, 3.05) is 39.3 Å². The Kier molecular flexibility index (Phi) is 7.51. The number of hydrogen-bond donors (Lipinski definition) is 0. The molecule has 144 valence electrons. The zero-order valence-corrected chi connectivity index (χ0v) is 16.3. The summed E-state index contributed by atoms with van der Waals surface area (Å²) in [5, 5.41) is 0. The molecule has 0 radical (unpaired) electrons. The highest BCUT2D eigenvalue weighted by atomic mass is 16.5. The van der Waals surface area contributed by atoms with Crippen molar-refractivity contribution in [3.8, 4) is 5.75 Å². The molecule has 1 aromatic rings. The number of piperidine rings is 2. The second-order valence-electron chi connectivity index (χ2n) is 7.87. The smallest absolute Gasteiger partial charge is 0.176 e. The largest absolute Gasteiger partial charge is 0.494 e. The average Bonchev–Trinajstić information content (AvgIpc) is 2.68. The van der Waals surface area contributed by atoms with E-state index in [1.165, 1.54) is 45.1 Å². The highest BCUT2D eigenvalue weighted by molar-refractivity contribution is 5.97. The number of ketones is 1. The number of Topliss-reactive ketones (excluding diaryl/α,β-unsaturated/α-hetero) is 1. The third-order valence-corrected chi connectivity index (χ3v) is 5.79. The lowest BCUT2D eigenvalue weighted by Crippen LogP contribution is -2.38. The van der Waals surface area contributed by atoms with Crippen LogP contribution in [0.25, 0.3) is 0 Å². The molecule has 0 aliphatic carbocycles. The number of benzene rings is 1. The second kappa shape index (κ2) is 10.1. The van der Waals surface area contributed by atoms with E-state index in [2.05, 4.69) is 16.7 Å². The van der Waals surface area contributed by atoms with Crippen molar-refractivity contribution in [2.24, 2.45) is 0 Å². The molecule has 4 heteroatoms. The van der Waals surface area contributed by atoms with Crippen LogP contribution in [0.15, 0.2) is 24.3 Å². The number of likely N-dealkylation sites (tertiary alicyclic amines) is 2. The van der Waals surface area contributed by atoms with Gasteiger partial charge in [-0.25, -0.2) is 0 Å². The van der Waals surface area contributed by atoms with Gasteiger partial charge in [-0.3, -0.25) is 9.69 Å². The summed E-state index contributed by atoms with van der Waals surface area (Å²) in [6, 6.07) is 8.41. The van der Waals surface area contributed by atoms with Gasteiger partial charge in [-0.15, -0.1) is 0 Å². The van der Waals surface area contributed by atoms with Crippen molar-refractivity contribution in [3.63, 3.8) is 0 Å². The van der Waals surface area contributed by atoms with Crippen molar-refractivity contribution in [3.05, 3.63) is 29.8 Å². The summed E-state index contributed by atoms with van der Waals surface area (Å²) in [6.07, 6.45) is 8.82. The van der Waals surface area contributed by atoms with Gasteiger partial charge in [0.25, 0.3) is 0 Å². The summed E-state index contributed by atoms with van der Waals surface area (Å²) in [6.45, 7) is 8.09. The molecule has 0 saturated carbocycles. The normalized spacial score (nSPS) is 22.3. The van der Waals surface area contributed by atoms with Gasteiger partial charge in [-0.2, -0.15) is 0 Å². The van der Waals surface area contributed by atoms with E-state index in [0.29, 0.717) is 12.6 Å². The summed E-state index contributed by atoms with van der Waals surface area (Å²) in [5.74, 6) is 1.09. The standard InChI is InChI=1S/C22H34N2O2/c1-19-8-3-6-15-24(19)16-7-17-26-21-11-9-20(10-12-21)22(25)18-23-13-4-2-5-14-23/h9-12,19H,2-8,13-18H2,1H3. The number of ether oxygens (including phenoxy) is 1. The van der Waals surface area contributed by atoms with Gasteiger partial charge in [-0.1, -0.05) is 12.8 Å². The third-order valence-electron chi connectivity index (χ3n) is 5.79. The van der Waals surface area contributed by atoms with E-state index in [9.17, 15) is 4.79 Å². The fourth-order valence-electron chi connectivity index (χ4n) is 4.10. The number of nitrogens with zero attached hydrogens (tertiary/aromatic N) is 2. The van der Waals surface area contributed by atoms with Crippen molar-refractivity contribution in [1.29, 1.82) is 0 Å². The average molecular weight is 359 g/mol. The molecule has 26 heavy (non-hydrogen) atoms. The molecule has 2 heterocycles. The highest BCUT2D eigenvalue weighted by Gasteiger charge is 2.17. The summed E-state index contributed by atoms with van der Waals surface area (Å²) in [5.41, 5.74) is 0.796. The van der Waals surface area contributed by atoms with Crippen LogP contribution >= 0.6 is 0 Å². The molecular formula is C22H34N2O2. The van der Waals surface area contributed by atoms with Gasteiger partial charge in [0.1, 0.15) is 5.75 Å². The Morgan fingerprint density at radius 2 is 1.77 bits per heavy atom. The van der Waals surface area contributed by atoms with Gasteiger partial charge < -0.3 is 9.64 Å². The fourth-order valence-corrected chi connectivity index (χ4v) is 4.10. The first kappa shape index (κ1) is 19.4. The van der Waals surface area contributed by atoms with Gasteiger partial charge in [0, 0.05) is 18.2 Å². The molecular weight excluding hydrogens is 324 g/mol. The number of carbonyl (C=O) groups excluding carboxylic acids is 1. The summed E-state index contributed by atoms with van der Waals surface area (Å²) in [7, 11) is 0. The molecule has 0 bridgehead atoms. The Hall–Kier alpha value is -1.39. The minimum absolute atomic E-state index is 0.220. The maximum absolute atomic E-state index is 12.4. The van der Waals surface area contributed by atoms with E-state index in [4.69, 9.17) is 4.74 Å². The molecule has 0 aromatic heterocycles. The predicted octanol–water partition coefficient (Wildman–Crippen LogP) is 4.00. The van der Waals surface area contributed by atoms with Gasteiger partial charge >= 0.3 is 0 Å². The molecule has 0 amide bonds. The summed E-state index contributed by atoms with van der Waals surface area (Å²) in [4.78, 5) is 17.3. The topological polar surface area (TPSA) is 32.8 Å². The molecule has 2 fully saturated rings. The van der Waals surface area contributed by atoms with Crippen molar-refractivity contribution in [2.45, 2.75) is 57.9 Å². The van der Waals surface area contributed by atoms with Crippen LogP contribution < -0.4 is 4.74 Å². The molecule has 3 rings (SSSR count). The van der Waals surface area contributed by atoms with Crippen LogP contribution in [0.3, 0.4) is 0 Å². The lowest BCUT2D eigenvalue weighted by molar-refractivity contribution is 0.0915. The van der Waals surface area contributed by atoms with Crippen molar-refractivity contribution < 1.29 is 9.53 Å². The van der Waals surface area contributed by atoms with Crippen LogP contribution in [-0.4, -0.2) is 61.0 Å². The number of hydrogen-bond acceptors (Lipinski definition) is 4. The Bertz CT molecular complexity index is 552.